The lowest BCUT2D eigenvalue weighted by Crippen LogP contribution is -1.87. The largest absolute Gasteiger partial charge is 0.262 e. The van der Waals surface area contributed by atoms with Gasteiger partial charge in [0.1, 0.15) is 11.7 Å². The number of pyridine rings is 1. The van der Waals surface area contributed by atoms with E-state index < -0.39 is 0 Å². The molecule has 0 N–H and O–H groups in total. The molecule has 0 amide bonds. The Kier molecular flexibility index (Phi) is 1.04. The smallest absolute Gasteiger partial charge is 0.125 e. The second kappa shape index (κ2) is 1.98. The van der Waals surface area contributed by atoms with Gasteiger partial charge in [0.15, 0.2) is 0 Å². The molecule has 10 heavy (non-hydrogen) atoms. The van der Waals surface area contributed by atoms with Gasteiger partial charge in [0, 0.05) is 11.6 Å². The van der Waals surface area contributed by atoms with Crippen LogP contribution in [0.3, 0.4) is 0 Å². The SMILES string of the molecule is [c]1nnnc2cnccc12. The molecular formula is C6H3N4. The number of hydrogen-bond acceptors (Lipinski definition) is 4. The van der Waals surface area contributed by atoms with Crippen LogP contribution in [-0.4, -0.2) is 20.4 Å². The molecule has 0 bridgehead atoms. The van der Waals surface area contributed by atoms with Gasteiger partial charge in [-0.1, -0.05) is 0 Å². The van der Waals surface area contributed by atoms with Gasteiger partial charge in [0.05, 0.1) is 6.20 Å². The van der Waals surface area contributed by atoms with E-state index in [1.165, 1.54) is 0 Å². The van der Waals surface area contributed by atoms with Crippen molar-refractivity contribution in [2.45, 2.75) is 0 Å². The predicted octanol–water partition coefficient (Wildman–Crippen LogP) is 0.220. The van der Waals surface area contributed by atoms with Crippen molar-refractivity contribution in [3.05, 3.63) is 24.7 Å². The molecule has 0 unspecified atom stereocenters. The Morgan fingerprint density at radius 1 is 1.40 bits per heavy atom. The zero-order valence-corrected chi connectivity index (χ0v) is 5.02. The standard InChI is InChI=1S/C6H3N4/c1-2-7-4-6-5(1)3-8-10-9-6/h1-2,4H. The van der Waals surface area contributed by atoms with Crippen LogP contribution in [0, 0.1) is 6.20 Å². The normalized spacial score (nSPS) is 10.0. The van der Waals surface area contributed by atoms with E-state index in [4.69, 9.17) is 0 Å². The van der Waals surface area contributed by atoms with Crippen LogP contribution in [0.1, 0.15) is 0 Å². The summed E-state index contributed by atoms with van der Waals surface area (Å²) in [5.41, 5.74) is 0.720. The van der Waals surface area contributed by atoms with E-state index in [-0.39, 0.29) is 0 Å². The lowest BCUT2D eigenvalue weighted by atomic mass is 10.3. The minimum absolute atomic E-state index is 0.720. The van der Waals surface area contributed by atoms with Gasteiger partial charge in [0.25, 0.3) is 0 Å². The zero-order chi connectivity index (χ0) is 6.81. The van der Waals surface area contributed by atoms with Crippen molar-refractivity contribution in [3.8, 4) is 0 Å². The van der Waals surface area contributed by atoms with Crippen LogP contribution in [0.4, 0.5) is 0 Å². The van der Waals surface area contributed by atoms with Crippen LogP contribution >= 0.6 is 0 Å². The topological polar surface area (TPSA) is 51.6 Å². The van der Waals surface area contributed by atoms with Crippen molar-refractivity contribution in [3.63, 3.8) is 0 Å². The Balaban J connectivity index is 2.89. The summed E-state index contributed by atoms with van der Waals surface area (Å²) >= 11 is 0. The Bertz CT molecular complexity index is 281. The first-order valence-electron chi connectivity index (χ1n) is 2.77. The number of rotatable bonds is 0. The Morgan fingerprint density at radius 2 is 2.40 bits per heavy atom. The van der Waals surface area contributed by atoms with Crippen molar-refractivity contribution in [1.29, 1.82) is 0 Å². The first kappa shape index (κ1) is 5.22. The Labute approximate surface area is 56.9 Å². The average Bonchev–Trinajstić information content (AvgIpc) is 2.05. The van der Waals surface area contributed by atoms with Gasteiger partial charge < -0.3 is 0 Å². The van der Waals surface area contributed by atoms with Crippen LogP contribution in [-0.2, 0) is 0 Å². The van der Waals surface area contributed by atoms with Gasteiger partial charge >= 0.3 is 0 Å². The minimum atomic E-state index is 0.720. The second-order valence-electron chi connectivity index (χ2n) is 1.79. The van der Waals surface area contributed by atoms with Crippen LogP contribution < -0.4 is 0 Å². The number of hydrogen-bond donors (Lipinski definition) is 0. The highest BCUT2D eigenvalue weighted by Crippen LogP contribution is 2.02. The maximum Gasteiger partial charge on any atom is 0.125 e. The minimum Gasteiger partial charge on any atom is -0.262 e. The van der Waals surface area contributed by atoms with E-state index >= 15 is 0 Å². The summed E-state index contributed by atoms with van der Waals surface area (Å²) in [6, 6.07) is 1.79. The van der Waals surface area contributed by atoms with Crippen molar-refractivity contribution in [1.82, 2.24) is 20.4 Å². The molecule has 2 heterocycles. The van der Waals surface area contributed by atoms with Crippen LogP contribution in [0.2, 0.25) is 0 Å². The summed E-state index contributed by atoms with van der Waals surface area (Å²) in [4.78, 5) is 3.86. The van der Waals surface area contributed by atoms with Crippen molar-refractivity contribution >= 4 is 10.9 Å². The summed E-state index contributed by atoms with van der Waals surface area (Å²) in [5, 5.41) is 11.5. The fraction of sp³-hybridized carbons (Fsp3) is 0. The van der Waals surface area contributed by atoms with Crippen LogP contribution in [0.25, 0.3) is 10.9 Å². The van der Waals surface area contributed by atoms with E-state index in [0.29, 0.717) is 0 Å². The molecule has 2 rings (SSSR count). The van der Waals surface area contributed by atoms with Crippen molar-refractivity contribution in [2.24, 2.45) is 0 Å². The lowest BCUT2D eigenvalue weighted by molar-refractivity contribution is 0.888. The summed E-state index contributed by atoms with van der Waals surface area (Å²) in [6.07, 6.45) is 5.98. The maximum absolute atomic E-state index is 3.86. The molecule has 0 atom stereocenters. The Hall–Kier alpha value is -1.58. The van der Waals surface area contributed by atoms with E-state index in [1.54, 1.807) is 18.5 Å². The van der Waals surface area contributed by atoms with Crippen molar-refractivity contribution in [2.75, 3.05) is 0 Å². The lowest BCUT2D eigenvalue weighted by Gasteiger charge is -1.87. The average molecular weight is 131 g/mol. The first-order valence-corrected chi connectivity index (χ1v) is 2.77. The fourth-order valence-corrected chi connectivity index (χ4v) is 0.707. The van der Waals surface area contributed by atoms with Crippen LogP contribution in [0.15, 0.2) is 18.5 Å². The predicted molar refractivity (Wildman–Crippen MR) is 34.0 cm³/mol. The maximum atomic E-state index is 3.86. The summed E-state index contributed by atoms with van der Waals surface area (Å²) in [7, 11) is 0. The van der Waals surface area contributed by atoms with Gasteiger partial charge in [-0.15, -0.1) is 10.2 Å². The quantitative estimate of drug-likeness (QED) is 0.513. The molecule has 0 aromatic carbocycles. The molecule has 1 radical (unpaired) electrons. The van der Waals surface area contributed by atoms with E-state index in [1.807, 2.05) is 0 Å². The molecule has 0 saturated heterocycles. The summed E-state index contributed by atoms with van der Waals surface area (Å²) in [5.74, 6) is 0. The van der Waals surface area contributed by atoms with E-state index in [0.717, 1.165) is 10.9 Å². The molecule has 4 nitrogen and oxygen atoms in total. The van der Waals surface area contributed by atoms with E-state index in [2.05, 4.69) is 26.6 Å². The van der Waals surface area contributed by atoms with Crippen molar-refractivity contribution < 1.29 is 0 Å². The third-order valence-electron chi connectivity index (χ3n) is 1.17. The molecule has 0 fully saturated rings. The molecule has 4 heteroatoms. The zero-order valence-electron chi connectivity index (χ0n) is 5.02. The molecule has 0 aliphatic carbocycles. The molecule has 0 spiro atoms. The van der Waals surface area contributed by atoms with Gasteiger partial charge in [-0.25, -0.2) is 0 Å². The monoisotopic (exact) mass is 131 g/mol. The summed E-state index contributed by atoms with van der Waals surface area (Å²) in [6.45, 7) is 0. The number of fused-ring (bicyclic) bond motifs is 1. The molecular weight excluding hydrogens is 128 g/mol. The highest BCUT2D eigenvalue weighted by Gasteiger charge is 1.90. The Morgan fingerprint density at radius 3 is 3.30 bits per heavy atom. The van der Waals surface area contributed by atoms with Gasteiger partial charge in [0.2, 0.25) is 0 Å². The second-order valence-corrected chi connectivity index (χ2v) is 1.79. The molecule has 0 saturated carbocycles. The van der Waals surface area contributed by atoms with Gasteiger partial charge in [-0.3, -0.25) is 4.98 Å². The third kappa shape index (κ3) is 0.699. The summed E-state index contributed by atoms with van der Waals surface area (Å²) < 4.78 is 0. The molecule has 0 aliphatic rings. The molecule has 47 valence electrons. The fourth-order valence-electron chi connectivity index (χ4n) is 0.707. The van der Waals surface area contributed by atoms with Gasteiger partial charge in [-0.05, 0) is 11.3 Å². The molecule has 0 aliphatic heterocycles. The van der Waals surface area contributed by atoms with E-state index in [9.17, 15) is 0 Å². The number of nitrogens with zero attached hydrogens (tertiary/aromatic N) is 4. The number of aromatic nitrogens is 4. The van der Waals surface area contributed by atoms with Crippen LogP contribution in [0.5, 0.6) is 0 Å². The first-order chi connectivity index (χ1) is 4.97. The highest BCUT2D eigenvalue weighted by atomic mass is 15.3. The van der Waals surface area contributed by atoms with Gasteiger partial charge in [-0.2, -0.15) is 0 Å². The molecule has 2 aromatic rings. The molecule has 2 aromatic heterocycles. The third-order valence-corrected chi connectivity index (χ3v) is 1.17. The highest BCUT2D eigenvalue weighted by molar-refractivity contribution is 5.74.